The maximum absolute atomic E-state index is 11.6. The minimum Gasteiger partial charge on any atom is -0.478 e. The van der Waals surface area contributed by atoms with Gasteiger partial charge < -0.3 is 14.2 Å². The van der Waals surface area contributed by atoms with Crippen molar-refractivity contribution in [2.45, 2.75) is 13.8 Å². The molecule has 0 unspecified atom stereocenters. The van der Waals surface area contributed by atoms with Crippen LogP contribution in [0, 0.1) is 0 Å². The zero-order valence-corrected chi connectivity index (χ0v) is 14.1. The van der Waals surface area contributed by atoms with Gasteiger partial charge in [0.15, 0.2) is 6.29 Å². The monoisotopic (exact) mass is 338 g/mol. The van der Waals surface area contributed by atoms with Crippen molar-refractivity contribution in [3.05, 3.63) is 48.0 Å². The van der Waals surface area contributed by atoms with Crippen LogP contribution in [-0.4, -0.2) is 29.5 Å². The van der Waals surface area contributed by atoms with E-state index in [-0.39, 0.29) is 6.01 Å². The molecule has 0 radical (unpaired) electrons. The van der Waals surface area contributed by atoms with E-state index in [1.165, 1.54) is 0 Å². The molecule has 0 N–H and O–H groups in total. The van der Waals surface area contributed by atoms with Gasteiger partial charge in [-0.1, -0.05) is 30.3 Å². The number of aromatic nitrogens is 2. The van der Waals surface area contributed by atoms with Crippen LogP contribution in [0.15, 0.2) is 42.5 Å². The van der Waals surface area contributed by atoms with Crippen LogP contribution < -0.4 is 14.2 Å². The average Bonchev–Trinajstić information content (AvgIpc) is 2.62. The maximum Gasteiger partial charge on any atom is 0.328 e. The first-order chi connectivity index (χ1) is 12.2. The fourth-order valence-electron chi connectivity index (χ4n) is 2.46. The number of hydrogen-bond acceptors (Lipinski definition) is 6. The zero-order valence-electron chi connectivity index (χ0n) is 14.1. The van der Waals surface area contributed by atoms with Gasteiger partial charge in [0.2, 0.25) is 11.8 Å². The summed E-state index contributed by atoms with van der Waals surface area (Å²) in [6.07, 6.45) is 0.771. The lowest BCUT2D eigenvalue weighted by molar-refractivity contribution is 0.112. The van der Waals surface area contributed by atoms with Gasteiger partial charge in [0.1, 0.15) is 5.75 Å². The predicted molar refractivity (Wildman–Crippen MR) is 93.8 cm³/mol. The normalized spacial score (nSPS) is 10.5. The molecule has 1 aromatic heterocycles. The molecule has 3 rings (SSSR count). The number of ether oxygens (including phenoxy) is 3. The second kappa shape index (κ2) is 7.61. The largest absolute Gasteiger partial charge is 0.478 e. The minimum atomic E-state index is 0.0628. The molecular formula is C19H18N2O4. The number of benzene rings is 2. The van der Waals surface area contributed by atoms with E-state index in [4.69, 9.17) is 14.2 Å². The molecule has 0 saturated carbocycles. The molecule has 6 nitrogen and oxygen atoms in total. The van der Waals surface area contributed by atoms with E-state index in [0.717, 1.165) is 17.1 Å². The van der Waals surface area contributed by atoms with Crippen molar-refractivity contribution in [1.29, 1.82) is 0 Å². The molecule has 0 spiro atoms. The Morgan fingerprint density at radius 1 is 0.960 bits per heavy atom. The zero-order chi connectivity index (χ0) is 17.6. The molecule has 128 valence electrons. The molecule has 0 aliphatic heterocycles. The highest BCUT2D eigenvalue weighted by molar-refractivity contribution is 6.00. The van der Waals surface area contributed by atoms with Crippen molar-refractivity contribution in [2.75, 3.05) is 13.2 Å². The first-order valence-corrected chi connectivity index (χ1v) is 8.04. The summed E-state index contributed by atoms with van der Waals surface area (Å²) in [6, 6.07) is 12.9. The average molecular weight is 338 g/mol. The second-order valence-electron chi connectivity index (χ2n) is 5.11. The Bertz CT molecular complexity index is 871. The van der Waals surface area contributed by atoms with Crippen LogP contribution in [0.1, 0.15) is 24.2 Å². The summed E-state index contributed by atoms with van der Waals surface area (Å²) in [5.74, 6) is 1.08. The van der Waals surface area contributed by atoms with Gasteiger partial charge in [-0.15, -0.1) is 0 Å². The predicted octanol–water partition coefficient (Wildman–Crippen LogP) is 4.03. The van der Waals surface area contributed by atoms with E-state index in [0.29, 0.717) is 36.3 Å². The molecule has 0 saturated heterocycles. The Labute approximate surface area is 145 Å². The fraction of sp³-hybridized carbons (Fsp3) is 0.211. The van der Waals surface area contributed by atoms with E-state index in [2.05, 4.69) is 9.97 Å². The highest BCUT2D eigenvalue weighted by Crippen LogP contribution is 2.30. The number of carbonyl (C=O) groups excluding carboxylic acids is 1. The van der Waals surface area contributed by atoms with Gasteiger partial charge in [-0.05, 0) is 30.7 Å². The van der Waals surface area contributed by atoms with E-state index < -0.39 is 0 Å². The van der Waals surface area contributed by atoms with Crippen molar-refractivity contribution in [3.8, 4) is 23.5 Å². The third-order valence-corrected chi connectivity index (χ3v) is 3.49. The maximum atomic E-state index is 11.6. The second-order valence-corrected chi connectivity index (χ2v) is 5.11. The quantitative estimate of drug-likeness (QED) is 0.606. The van der Waals surface area contributed by atoms with E-state index in [9.17, 15) is 4.79 Å². The lowest BCUT2D eigenvalue weighted by atomic mass is 10.0. The summed E-state index contributed by atoms with van der Waals surface area (Å²) >= 11 is 0. The first kappa shape index (κ1) is 16.7. The van der Waals surface area contributed by atoms with E-state index in [1.807, 2.05) is 44.2 Å². The van der Waals surface area contributed by atoms with Crippen molar-refractivity contribution in [3.63, 3.8) is 0 Å². The number of aldehydes is 1. The van der Waals surface area contributed by atoms with Crippen LogP contribution in [0.4, 0.5) is 0 Å². The molecule has 2 aromatic carbocycles. The summed E-state index contributed by atoms with van der Waals surface area (Å²) in [5.41, 5.74) is 0.446. The standard InChI is InChI=1S/C19H18N2O4/c1-3-23-17-11-18(24-4-2)21-19(20-17)25-16-10-9-13-7-5-6-8-14(13)15(16)12-22/h5-12H,3-4H2,1-2H3. The van der Waals surface area contributed by atoms with Gasteiger partial charge in [0, 0.05) is 0 Å². The van der Waals surface area contributed by atoms with Crippen LogP contribution in [0.5, 0.6) is 23.5 Å². The Morgan fingerprint density at radius 3 is 2.28 bits per heavy atom. The Balaban J connectivity index is 2.01. The molecule has 0 atom stereocenters. The first-order valence-electron chi connectivity index (χ1n) is 8.04. The molecule has 0 aliphatic rings. The van der Waals surface area contributed by atoms with Crippen LogP contribution in [-0.2, 0) is 0 Å². The smallest absolute Gasteiger partial charge is 0.328 e. The number of hydrogen-bond donors (Lipinski definition) is 0. The third kappa shape index (κ3) is 3.68. The van der Waals surface area contributed by atoms with Gasteiger partial charge in [-0.25, -0.2) is 0 Å². The molecule has 25 heavy (non-hydrogen) atoms. The van der Waals surface area contributed by atoms with E-state index >= 15 is 0 Å². The van der Waals surface area contributed by atoms with Gasteiger partial charge in [-0.3, -0.25) is 4.79 Å². The molecule has 1 heterocycles. The molecule has 6 heteroatoms. The lowest BCUT2D eigenvalue weighted by Gasteiger charge is -2.11. The van der Waals surface area contributed by atoms with Gasteiger partial charge in [0.25, 0.3) is 0 Å². The molecule has 3 aromatic rings. The van der Waals surface area contributed by atoms with Crippen molar-refractivity contribution in [2.24, 2.45) is 0 Å². The SMILES string of the molecule is CCOc1cc(OCC)nc(Oc2ccc3ccccc3c2C=O)n1. The Kier molecular flexibility index (Phi) is 5.09. The Morgan fingerprint density at radius 2 is 1.64 bits per heavy atom. The fourth-order valence-corrected chi connectivity index (χ4v) is 2.46. The molecule has 0 fully saturated rings. The van der Waals surface area contributed by atoms with Crippen molar-refractivity contribution in [1.82, 2.24) is 9.97 Å². The van der Waals surface area contributed by atoms with Crippen LogP contribution in [0.25, 0.3) is 10.8 Å². The van der Waals surface area contributed by atoms with Crippen molar-refractivity contribution < 1.29 is 19.0 Å². The van der Waals surface area contributed by atoms with Crippen LogP contribution >= 0.6 is 0 Å². The van der Waals surface area contributed by atoms with Crippen molar-refractivity contribution >= 4 is 17.1 Å². The molecular weight excluding hydrogens is 320 g/mol. The molecule has 0 aliphatic carbocycles. The number of fused-ring (bicyclic) bond motifs is 1. The number of nitrogens with zero attached hydrogens (tertiary/aromatic N) is 2. The Hall–Kier alpha value is -3.15. The topological polar surface area (TPSA) is 70.5 Å². The van der Waals surface area contributed by atoms with Gasteiger partial charge >= 0.3 is 6.01 Å². The van der Waals surface area contributed by atoms with Crippen LogP contribution in [0.3, 0.4) is 0 Å². The van der Waals surface area contributed by atoms with Gasteiger partial charge in [-0.2, -0.15) is 9.97 Å². The summed E-state index contributed by atoms with van der Waals surface area (Å²) in [4.78, 5) is 20.0. The van der Waals surface area contributed by atoms with E-state index in [1.54, 1.807) is 12.1 Å². The molecule has 0 amide bonds. The third-order valence-electron chi connectivity index (χ3n) is 3.49. The summed E-state index contributed by atoms with van der Waals surface area (Å²) < 4.78 is 16.6. The minimum absolute atomic E-state index is 0.0628. The van der Waals surface area contributed by atoms with Crippen LogP contribution in [0.2, 0.25) is 0 Å². The lowest BCUT2D eigenvalue weighted by Crippen LogP contribution is -2.02. The highest BCUT2D eigenvalue weighted by atomic mass is 16.5. The summed E-state index contributed by atoms with van der Waals surface area (Å²) in [7, 11) is 0. The number of carbonyl (C=O) groups is 1. The van der Waals surface area contributed by atoms with Gasteiger partial charge in [0.05, 0.1) is 24.8 Å². The highest BCUT2D eigenvalue weighted by Gasteiger charge is 2.13. The summed E-state index contributed by atoms with van der Waals surface area (Å²) in [6.45, 7) is 4.63. The number of rotatable bonds is 7. The molecule has 0 bridgehead atoms. The summed E-state index contributed by atoms with van der Waals surface area (Å²) in [5, 5.41) is 1.76.